The third-order valence-electron chi connectivity index (χ3n) is 6.15. The third-order valence-corrected chi connectivity index (χ3v) is 6.15. The van der Waals surface area contributed by atoms with Crippen LogP contribution in [0.3, 0.4) is 0 Å². The van der Waals surface area contributed by atoms with Gasteiger partial charge in [0.1, 0.15) is 35.6 Å². The predicted octanol–water partition coefficient (Wildman–Crippen LogP) is 6.01. The van der Waals surface area contributed by atoms with Crippen molar-refractivity contribution < 1.29 is 41.4 Å². The van der Waals surface area contributed by atoms with Gasteiger partial charge in [0.2, 0.25) is 0 Å². The molecule has 214 valence electrons. The van der Waals surface area contributed by atoms with Crippen molar-refractivity contribution in [2.45, 2.75) is 64.5 Å². The van der Waals surface area contributed by atoms with Crippen LogP contribution in [0.15, 0.2) is 30.3 Å². The summed E-state index contributed by atoms with van der Waals surface area (Å²) < 4.78 is 70.8. The van der Waals surface area contributed by atoms with E-state index in [-0.39, 0.29) is 24.4 Å². The van der Waals surface area contributed by atoms with Crippen LogP contribution in [0.4, 0.5) is 28.0 Å². The molecule has 2 aromatic carbocycles. The van der Waals surface area contributed by atoms with E-state index in [1.54, 1.807) is 39.0 Å². The number of hydrogen-bond donors (Lipinski definition) is 1. The van der Waals surface area contributed by atoms with E-state index in [2.05, 4.69) is 5.32 Å². The molecule has 7 nitrogen and oxygen atoms in total. The van der Waals surface area contributed by atoms with E-state index >= 15 is 8.78 Å². The van der Waals surface area contributed by atoms with Gasteiger partial charge >= 0.3 is 6.09 Å². The van der Waals surface area contributed by atoms with Crippen molar-refractivity contribution in [3.05, 3.63) is 58.7 Å². The molecule has 1 aliphatic heterocycles. The van der Waals surface area contributed by atoms with Crippen LogP contribution in [-0.4, -0.2) is 55.8 Å². The quantitative estimate of drug-likeness (QED) is 0.405. The normalized spacial score (nSPS) is 15.7. The van der Waals surface area contributed by atoms with Crippen molar-refractivity contribution in [3.8, 4) is 5.75 Å². The molecule has 0 unspecified atom stereocenters. The Balaban J connectivity index is 1.91. The molecule has 0 fully saturated rings. The summed E-state index contributed by atoms with van der Waals surface area (Å²) in [5.74, 6) is -2.07. The molecular formula is C28H34F4N2O5. The average molecular weight is 555 g/mol. The lowest BCUT2D eigenvalue weighted by Gasteiger charge is -2.37. The van der Waals surface area contributed by atoms with Crippen LogP contribution in [0.2, 0.25) is 0 Å². The van der Waals surface area contributed by atoms with Crippen molar-refractivity contribution in [2.24, 2.45) is 0 Å². The van der Waals surface area contributed by atoms with E-state index in [1.165, 1.54) is 25.9 Å². The summed E-state index contributed by atoms with van der Waals surface area (Å²) in [6.07, 6.45) is -2.97. The zero-order chi connectivity index (χ0) is 29.1. The molecular weight excluding hydrogens is 520 g/mol. The van der Waals surface area contributed by atoms with Gasteiger partial charge in [0, 0.05) is 23.2 Å². The van der Waals surface area contributed by atoms with Crippen molar-refractivity contribution in [2.75, 3.05) is 32.2 Å². The lowest BCUT2D eigenvalue weighted by molar-refractivity contribution is -0.122. The van der Waals surface area contributed by atoms with Gasteiger partial charge in [-0.25, -0.2) is 22.4 Å². The number of rotatable bonds is 8. The smallest absolute Gasteiger partial charge is 0.411 e. The number of carbonyl (C=O) groups is 2. The first-order chi connectivity index (χ1) is 18.1. The van der Waals surface area contributed by atoms with Crippen LogP contribution < -0.4 is 10.1 Å². The number of alkyl halides is 2. The minimum Gasteiger partial charge on any atom is -0.497 e. The number of amides is 2. The second kappa shape index (κ2) is 11.8. The van der Waals surface area contributed by atoms with E-state index in [4.69, 9.17) is 14.2 Å². The summed E-state index contributed by atoms with van der Waals surface area (Å²) in [6, 6.07) is 5.85. The van der Waals surface area contributed by atoms with E-state index in [0.29, 0.717) is 17.7 Å². The van der Waals surface area contributed by atoms with E-state index in [1.807, 2.05) is 0 Å². The second-order valence-corrected chi connectivity index (χ2v) is 11.0. The van der Waals surface area contributed by atoms with Gasteiger partial charge in [-0.2, -0.15) is 0 Å². The lowest BCUT2D eigenvalue weighted by atomic mass is 9.84. The Morgan fingerprint density at radius 1 is 1.08 bits per heavy atom. The Kier molecular flexibility index (Phi) is 9.15. The minimum absolute atomic E-state index is 0.168. The number of halogens is 4. The molecule has 1 atom stereocenters. The standard InChI is InChI=1S/C28H34F4N2O5/c1-27(2,3)39-26(36)34-10-9-16-11-18(37-6)7-8-19(16)24(34)25(35)33-17-12-20(29)23(21(30)13-17)28(4,5)15-38-14-22(31)32/h7-8,11-13,22,24H,9-10,14-15H2,1-6H3,(H,33,35)/t24-/m1/s1. The van der Waals surface area contributed by atoms with Crippen molar-refractivity contribution in [1.29, 1.82) is 0 Å². The molecule has 1 N–H and O–H groups in total. The van der Waals surface area contributed by atoms with Crippen molar-refractivity contribution in [3.63, 3.8) is 0 Å². The van der Waals surface area contributed by atoms with Crippen molar-refractivity contribution in [1.82, 2.24) is 4.90 Å². The van der Waals surface area contributed by atoms with Crippen LogP contribution >= 0.6 is 0 Å². The van der Waals surface area contributed by atoms with Gasteiger partial charge in [-0.15, -0.1) is 0 Å². The van der Waals surface area contributed by atoms with Crippen LogP contribution in [-0.2, 0) is 26.1 Å². The Hall–Kier alpha value is -3.34. The molecule has 1 heterocycles. The minimum atomic E-state index is -2.71. The highest BCUT2D eigenvalue weighted by atomic mass is 19.3. The monoisotopic (exact) mass is 554 g/mol. The first kappa shape index (κ1) is 30.2. The summed E-state index contributed by atoms with van der Waals surface area (Å²) in [7, 11) is 1.51. The van der Waals surface area contributed by atoms with Crippen molar-refractivity contribution >= 4 is 17.7 Å². The van der Waals surface area contributed by atoms with Gasteiger partial charge in [0.05, 0.1) is 13.7 Å². The van der Waals surface area contributed by atoms with Gasteiger partial charge in [-0.3, -0.25) is 9.69 Å². The van der Waals surface area contributed by atoms with Crippen LogP contribution in [0.25, 0.3) is 0 Å². The third kappa shape index (κ3) is 7.40. The largest absolute Gasteiger partial charge is 0.497 e. The summed E-state index contributed by atoms with van der Waals surface area (Å²) in [6.45, 7) is 7.01. The maximum absolute atomic E-state index is 15.1. The highest BCUT2D eigenvalue weighted by Gasteiger charge is 2.39. The summed E-state index contributed by atoms with van der Waals surface area (Å²) in [5, 5.41) is 2.52. The number of anilines is 1. The number of fused-ring (bicyclic) bond motifs is 1. The Morgan fingerprint density at radius 3 is 2.28 bits per heavy atom. The Labute approximate surface area is 225 Å². The molecule has 0 aromatic heterocycles. The summed E-state index contributed by atoms with van der Waals surface area (Å²) in [4.78, 5) is 27.9. The zero-order valence-corrected chi connectivity index (χ0v) is 22.9. The van der Waals surface area contributed by atoms with Gasteiger partial charge in [0.25, 0.3) is 12.3 Å². The number of nitrogens with one attached hydrogen (secondary N) is 1. The number of nitrogens with zero attached hydrogens (tertiary/aromatic N) is 1. The topological polar surface area (TPSA) is 77.1 Å². The Morgan fingerprint density at radius 2 is 1.72 bits per heavy atom. The number of hydrogen-bond acceptors (Lipinski definition) is 5. The van der Waals surface area contributed by atoms with Crippen LogP contribution in [0.5, 0.6) is 5.75 Å². The van der Waals surface area contributed by atoms with Crippen LogP contribution in [0, 0.1) is 11.6 Å². The lowest BCUT2D eigenvalue weighted by Crippen LogP contribution is -2.47. The maximum atomic E-state index is 15.1. The number of methoxy groups -OCH3 is 1. The van der Waals surface area contributed by atoms with E-state index < -0.39 is 53.7 Å². The van der Waals surface area contributed by atoms with Gasteiger partial charge in [-0.05, 0) is 62.6 Å². The highest BCUT2D eigenvalue weighted by molar-refractivity contribution is 5.98. The molecule has 0 saturated heterocycles. The molecule has 1 aliphatic rings. The SMILES string of the molecule is COc1ccc2c(c1)CCN(C(=O)OC(C)(C)C)[C@H]2C(=O)Nc1cc(F)c(C(C)(C)COCC(F)F)c(F)c1. The summed E-state index contributed by atoms with van der Waals surface area (Å²) in [5.41, 5.74) is -1.30. The van der Waals surface area contributed by atoms with Gasteiger partial charge in [0.15, 0.2) is 0 Å². The molecule has 2 aromatic rings. The second-order valence-electron chi connectivity index (χ2n) is 11.0. The van der Waals surface area contributed by atoms with E-state index in [9.17, 15) is 18.4 Å². The number of benzene rings is 2. The molecule has 3 rings (SSSR count). The van der Waals surface area contributed by atoms with E-state index in [0.717, 1.165) is 17.7 Å². The van der Waals surface area contributed by atoms with Crippen LogP contribution in [0.1, 0.15) is 57.4 Å². The number of ether oxygens (including phenoxy) is 3. The van der Waals surface area contributed by atoms with Gasteiger partial charge in [-0.1, -0.05) is 19.9 Å². The fourth-order valence-corrected chi connectivity index (χ4v) is 4.51. The first-order valence-electron chi connectivity index (χ1n) is 12.5. The zero-order valence-electron chi connectivity index (χ0n) is 22.9. The predicted molar refractivity (Wildman–Crippen MR) is 137 cm³/mol. The maximum Gasteiger partial charge on any atom is 0.411 e. The molecule has 0 bridgehead atoms. The molecule has 2 amide bonds. The highest BCUT2D eigenvalue weighted by Crippen LogP contribution is 2.35. The fraction of sp³-hybridized carbons (Fsp3) is 0.500. The molecule has 11 heteroatoms. The fourth-order valence-electron chi connectivity index (χ4n) is 4.51. The number of carbonyl (C=O) groups excluding carboxylic acids is 2. The van der Waals surface area contributed by atoms with Gasteiger partial charge < -0.3 is 19.5 Å². The first-order valence-corrected chi connectivity index (χ1v) is 12.5. The molecule has 0 radical (unpaired) electrons. The Bertz CT molecular complexity index is 1190. The molecule has 0 spiro atoms. The molecule has 0 aliphatic carbocycles. The molecule has 39 heavy (non-hydrogen) atoms. The average Bonchev–Trinajstić information content (AvgIpc) is 2.80. The molecule has 0 saturated carbocycles. The summed E-state index contributed by atoms with van der Waals surface area (Å²) >= 11 is 0.